The van der Waals surface area contributed by atoms with E-state index < -0.39 is 0 Å². The average molecular weight is 572 g/mol. The molecule has 3 amide bonds. The van der Waals surface area contributed by atoms with E-state index in [0.717, 1.165) is 55.3 Å². The lowest BCUT2D eigenvalue weighted by atomic mass is 9.99. The molecule has 6 rings (SSSR count). The summed E-state index contributed by atoms with van der Waals surface area (Å²) in [6.45, 7) is 8.55. The Kier molecular flexibility index (Phi) is 7.88. The summed E-state index contributed by atoms with van der Waals surface area (Å²) >= 11 is 0. The maximum Gasteiger partial charge on any atom is 0.317 e. The Bertz CT molecular complexity index is 1530. The van der Waals surface area contributed by atoms with E-state index in [1.54, 1.807) is 6.20 Å². The number of piperidine rings is 2. The van der Waals surface area contributed by atoms with Crippen molar-refractivity contribution in [2.75, 3.05) is 31.5 Å². The quantitative estimate of drug-likeness (QED) is 0.455. The van der Waals surface area contributed by atoms with Crippen molar-refractivity contribution in [1.82, 2.24) is 29.7 Å². The average Bonchev–Trinajstić information content (AvgIpc) is 3.83. The summed E-state index contributed by atoms with van der Waals surface area (Å²) in [5.41, 5.74) is 3.12. The third-order valence-corrected chi connectivity index (χ3v) is 8.80. The molecule has 3 aromatic rings. The molecule has 2 saturated heterocycles. The van der Waals surface area contributed by atoms with Crippen molar-refractivity contribution >= 4 is 28.9 Å². The number of anilines is 1. The number of urea groups is 1. The van der Waals surface area contributed by atoms with Crippen LogP contribution in [0, 0.1) is 12.8 Å². The zero-order valence-corrected chi connectivity index (χ0v) is 24.8. The number of aromatic nitrogens is 3. The van der Waals surface area contributed by atoms with Gasteiger partial charge in [0.15, 0.2) is 0 Å². The van der Waals surface area contributed by atoms with E-state index in [1.165, 1.54) is 0 Å². The maximum absolute atomic E-state index is 14.2. The first-order chi connectivity index (χ1) is 20.3. The van der Waals surface area contributed by atoms with E-state index in [9.17, 15) is 14.4 Å². The van der Waals surface area contributed by atoms with Gasteiger partial charge in [-0.05, 0) is 76.5 Å². The molecule has 10 nitrogen and oxygen atoms in total. The Morgan fingerprint density at radius 3 is 2.29 bits per heavy atom. The van der Waals surface area contributed by atoms with E-state index in [2.05, 4.69) is 15.6 Å². The van der Waals surface area contributed by atoms with Crippen LogP contribution in [0.2, 0.25) is 0 Å². The molecule has 1 saturated carbocycles. The van der Waals surface area contributed by atoms with Crippen LogP contribution in [0.25, 0.3) is 22.2 Å². The number of rotatable bonds is 6. The zero-order valence-electron chi connectivity index (χ0n) is 24.8. The van der Waals surface area contributed by atoms with Gasteiger partial charge in [-0.3, -0.25) is 14.2 Å². The van der Waals surface area contributed by atoms with E-state index in [4.69, 9.17) is 4.98 Å². The van der Waals surface area contributed by atoms with Gasteiger partial charge in [0.2, 0.25) is 11.9 Å². The molecule has 3 aliphatic rings. The van der Waals surface area contributed by atoms with Crippen LogP contribution in [0.15, 0.2) is 41.3 Å². The fourth-order valence-electron chi connectivity index (χ4n) is 6.28. The van der Waals surface area contributed by atoms with Crippen LogP contribution in [0.4, 0.5) is 10.7 Å². The highest BCUT2D eigenvalue weighted by molar-refractivity contribution is 5.83. The number of aryl methyl sites for hydroxylation is 1. The van der Waals surface area contributed by atoms with Crippen LogP contribution in [0.5, 0.6) is 0 Å². The highest BCUT2D eigenvalue weighted by Gasteiger charge is 2.35. The Morgan fingerprint density at radius 1 is 0.929 bits per heavy atom. The summed E-state index contributed by atoms with van der Waals surface area (Å²) in [5, 5.41) is 7.27. The molecule has 0 unspecified atom stereocenters. The van der Waals surface area contributed by atoms with Crippen molar-refractivity contribution in [2.45, 2.75) is 77.4 Å². The van der Waals surface area contributed by atoms with Crippen molar-refractivity contribution in [3.05, 3.63) is 52.4 Å². The molecule has 1 aliphatic carbocycles. The topological polar surface area (TPSA) is 112 Å². The summed E-state index contributed by atoms with van der Waals surface area (Å²) < 4.78 is 1.85. The number of carbonyl (C=O) groups excluding carboxylic acids is 2. The number of nitrogens with one attached hydrogen (secondary N) is 2. The molecule has 2 N–H and O–H groups in total. The Morgan fingerprint density at radius 2 is 1.62 bits per heavy atom. The van der Waals surface area contributed by atoms with Gasteiger partial charge in [0, 0.05) is 67.4 Å². The van der Waals surface area contributed by atoms with Crippen LogP contribution in [-0.2, 0) is 4.79 Å². The molecular formula is C32H41N7O3. The number of carbonyl (C=O) groups is 2. The molecule has 0 atom stereocenters. The predicted molar refractivity (Wildman–Crippen MR) is 163 cm³/mol. The van der Waals surface area contributed by atoms with Gasteiger partial charge in [-0.25, -0.2) is 9.78 Å². The standard InChI is InChI=1S/C32H41N7O3/c1-20(2)34-32(42)38-16-12-25(13-17-38)39-28-23(18-27(30(39)41)26-7-5-4-6-21(26)3)19-33-31(36-28)35-24-10-14-37(15-11-24)29(40)22-8-9-22/h4-7,18-20,22,24-25H,8-17H2,1-3H3,(H,34,42)(H,33,35,36). The number of benzene rings is 1. The lowest BCUT2D eigenvalue weighted by molar-refractivity contribution is -0.133. The van der Waals surface area contributed by atoms with Crippen LogP contribution in [0.3, 0.4) is 0 Å². The third kappa shape index (κ3) is 5.84. The Balaban J connectivity index is 1.29. The summed E-state index contributed by atoms with van der Waals surface area (Å²) in [4.78, 5) is 52.7. The van der Waals surface area contributed by atoms with Gasteiger partial charge in [-0.1, -0.05) is 24.3 Å². The molecule has 4 heterocycles. The molecule has 2 aromatic heterocycles. The number of hydrogen-bond acceptors (Lipinski definition) is 6. The molecule has 3 fully saturated rings. The van der Waals surface area contributed by atoms with Gasteiger partial charge in [0.05, 0.1) is 0 Å². The van der Waals surface area contributed by atoms with Crippen molar-refractivity contribution in [2.24, 2.45) is 5.92 Å². The second kappa shape index (κ2) is 11.7. The summed E-state index contributed by atoms with van der Waals surface area (Å²) in [6.07, 6.45) is 6.87. The van der Waals surface area contributed by atoms with Crippen molar-refractivity contribution < 1.29 is 9.59 Å². The minimum Gasteiger partial charge on any atom is -0.351 e. The Labute approximate surface area is 246 Å². The van der Waals surface area contributed by atoms with Crippen molar-refractivity contribution in [1.29, 1.82) is 0 Å². The van der Waals surface area contributed by atoms with Crippen LogP contribution in [-0.4, -0.2) is 74.5 Å². The molecule has 0 bridgehead atoms. The third-order valence-electron chi connectivity index (χ3n) is 8.80. The first kappa shape index (κ1) is 28.2. The first-order valence-corrected chi connectivity index (χ1v) is 15.4. The maximum atomic E-state index is 14.2. The normalized spacial score (nSPS) is 18.5. The van der Waals surface area contributed by atoms with E-state index in [0.29, 0.717) is 49.0 Å². The second-order valence-electron chi connectivity index (χ2n) is 12.4. The summed E-state index contributed by atoms with van der Waals surface area (Å²) in [6, 6.07) is 9.92. The van der Waals surface area contributed by atoms with Gasteiger partial charge < -0.3 is 20.4 Å². The minimum atomic E-state index is -0.0912. The van der Waals surface area contributed by atoms with Gasteiger partial charge in [-0.2, -0.15) is 4.98 Å². The van der Waals surface area contributed by atoms with E-state index in [1.807, 2.05) is 65.5 Å². The van der Waals surface area contributed by atoms with Gasteiger partial charge in [0.1, 0.15) is 5.65 Å². The number of pyridine rings is 1. The molecular weight excluding hydrogens is 530 g/mol. The van der Waals surface area contributed by atoms with Crippen molar-refractivity contribution in [3.63, 3.8) is 0 Å². The molecule has 222 valence electrons. The second-order valence-corrected chi connectivity index (χ2v) is 12.4. The largest absolute Gasteiger partial charge is 0.351 e. The van der Waals surface area contributed by atoms with E-state index >= 15 is 0 Å². The number of amides is 3. The van der Waals surface area contributed by atoms with E-state index in [-0.39, 0.29) is 35.6 Å². The molecule has 0 radical (unpaired) electrons. The molecule has 2 aliphatic heterocycles. The van der Waals surface area contributed by atoms with Crippen LogP contribution >= 0.6 is 0 Å². The van der Waals surface area contributed by atoms with Crippen LogP contribution in [0.1, 0.15) is 64.0 Å². The SMILES string of the molecule is Cc1ccccc1-c1cc2cnc(NC3CCN(C(=O)C4CC4)CC3)nc2n(C2CCN(C(=O)NC(C)C)CC2)c1=O. The van der Waals surface area contributed by atoms with Gasteiger partial charge >= 0.3 is 6.03 Å². The number of fused-ring (bicyclic) bond motifs is 1. The summed E-state index contributed by atoms with van der Waals surface area (Å²) in [5.74, 6) is 1.05. The predicted octanol–water partition coefficient (Wildman–Crippen LogP) is 4.33. The molecule has 0 spiro atoms. The minimum absolute atomic E-state index is 0.0620. The van der Waals surface area contributed by atoms with Crippen LogP contribution < -0.4 is 16.2 Å². The van der Waals surface area contributed by atoms with Gasteiger partial charge in [-0.15, -0.1) is 0 Å². The monoisotopic (exact) mass is 571 g/mol. The summed E-state index contributed by atoms with van der Waals surface area (Å²) in [7, 11) is 0. The molecule has 1 aromatic carbocycles. The number of nitrogens with zero attached hydrogens (tertiary/aromatic N) is 5. The number of likely N-dealkylation sites (tertiary alicyclic amines) is 2. The first-order valence-electron chi connectivity index (χ1n) is 15.4. The lowest BCUT2D eigenvalue weighted by Crippen LogP contribution is -2.47. The highest BCUT2D eigenvalue weighted by Crippen LogP contribution is 2.32. The van der Waals surface area contributed by atoms with Gasteiger partial charge in [0.25, 0.3) is 5.56 Å². The Hall–Kier alpha value is -3.95. The smallest absolute Gasteiger partial charge is 0.317 e. The molecule has 42 heavy (non-hydrogen) atoms. The fourth-order valence-corrected chi connectivity index (χ4v) is 6.28. The zero-order chi connectivity index (χ0) is 29.4. The lowest BCUT2D eigenvalue weighted by Gasteiger charge is -2.34. The number of hydrogen-bond donors (Lipinski definition) is 2. The highest BCUT2D eigenvalue weighted by atomic mass is 16.2. The fraction of sp³-hybridized carbons (Fsp3) is 0.531. The van der Waals surface area contributed by atoms with Crippen molar-refractivity contribution in [3.8, 4) is 11.1 Å². The molecule has 10 heteroatoms.